The summed E-state index contributed by atoms with van der Waals surface area (Å²) in [5.74, 6) is -1.54. The normalized spacial score (nSPS) is 30.5. The lowest BCUT2D eigenvalue weighted by molar-refractivity contribution is -0.185. The van der Waals surface area contributed by atoms with E-state index in [1.165, 1.54) is 6.92 Å². The van der Waals surface area contributed by atoms with Gasteiger partial charge >= 0.3 is 6.18 Å². The van der Waals surface area contributed by atoms with Crippen molar-refractivity contribution in [2.45, 2.75) is 64.1 Å². The molecule has 1 saturated carbocycles. The van der Waals surface area contributed by atoms with Gasteiger partial charge in [-0.25, -0.2) is 0 Å². The maximum atomic E-state index is 12.6. The Balaban J connectivity index is 1.91. The Bertz CT molecular complexity index is 400. The number of nitrogens with zero attached hydrogens (tertiary/aromatic N) is 1. The molecule has 1 saturated heterocycles. The average Bonchev–Trinajstić information content (AvgIpc) is 2.84. The van der Waals surface area contributed by atoms with Crippen molar-refractivity contribution in [2.24, 2.45) is 11.8 Å². The highest BCUT2D eigenvalue weighted by Crippen LogP contribution is 2.40. The first-order valence-electron chi connectivity index (χ1n) is 7.65. The van der Waals surface area contributed by atoms with Gasteiger partial charge in [-0.15, -0.1) is 0 Å². The second kappa shape index (κ2) is 6.36. The van der Waals surface area contributed by atoms with E-state index >= 15 is 0 Å². The third kappa shape index (κ3) is 3.98. The van der Waals surface area contributed by atoms with Gasteiger partial charge in [0.15, 0.2) is 0 Å². The predicted molar refractivity (Wildman–Crippen MR) is 71.5 cm³/mol. The molecule has 1 heterocycles. The molecule has 120 valence electrons. The van der Waals surface area contributed by atoms with E-state index in [0.29, 0.717) is 25.8 Å². The third-order valence-corrected chi connectivity index (χ3v) is 4.72. The molecule has 2 rings (SSSR count). The molecule has 1 unspecified atom stereocenters. The molecule has 6 heteroatoms. The Morgan fingerprint density at radius 3 is 2.24 bits per heavy atom. The number of amides is 1. The van der Waals surface area contributed by atoms with Gasteiger partial charge in [0, 0.05) is 24.9 Å². The predicted octanol–water partition coefficient (Wildman–Crippen LogP) is 3.33. The van der Waals surface area contributed by atoms with E-state index in [4.69, 9.17) is 0 Å². The van der Waals surface area contributed by atoms with Crippen LogP contribution in [0.15, 0.2) is 0 Å². The number of hydrogen-bond acceptors (Lipinski definition) is 2. The van der Waals surface area contributed by atoms with Crippen LogP contribution in [0.3, 0.4) is 0 Å². The van der Waals surface area contributed by atoms with Crippen LogP contribution in [0, 0.1) is 11.8 Å². The van der Waals surface area contributed by atoms with Crippen molar-refractivity contribution < 1.29 is 22.8 Å². The minimum atomic E-state index is -4.14. The molecule has 0 bridgehead atoms. The van der Waals surface area contributed by atoms with Crippen LogP contribution in [0.2, 0.25) is 0 Å². The Labute approximate surface area is 122 Å². The van der Waals surface area contributed by atoms with Gasteiger partial charge in [0.05, 0.1) is 5.92 Å². The second-order valence-electron chi connectivity index (χ2n) is 6.32. The van der Waals surface area contributed by atoms with Gasteiger partial charge in [-0.2, -0.15) is 13.2 Å². The quantitative estimate of drug-likeness (QED) is 0.802. The summed E-state index contributed by atoms with van der Waals surface area (Å²) in [6.07, 6.45) is -1.36. The second-order valence-corrected chi connectivity index (χ2v) is 6.32. The fourth-order valence-corrected chi connectivity index (χ4v) is 3.57. The van der Waals surface area contributed by atoms with Gasteiger partial charge < -0.3 is 4.90 Å². The lowest BCUT2D eigenvalue weighted by Gasteiger charge is -2.33. The first-order chi connectivity index (χ1) is 9.79. The smallest absolute Gasteiger partial charge is 0.339 e. The monoisotopic (exact) mass is 305 g/mol. The zero-order valence-corrected chi connectivity index (χ0v) is 12.3. The van der Waals surface area contributed by atoms with Gasteiger partial charge in [0.2, 0.25) is 5.91 Å². The molecular weight excluding hydrogens is 283 g/mol. The lowest BCUT2D eigenvalue weighted by atomic mass is 9.81. The average molecular weight is 305 g/mol. The van der Waals surface area contributed by atoms with Crippen molar-refractivity contribution in [2.75, 3.05) is 6.54 Å². The lowest BCUT2D eigenvalue weighted by Crippen LogP contribution is -2.42. The van der Waals surface area contributed by atoms with E-state index in [2.05, 4.69) is 0 Å². The van der Waals surface area contributed by atoms with Crippen LogP contribution < -0.4 is 0 Å². The molecule has 0 aromatic rings. The molecule has 1 aliphatic heterocycles. The molecule has 1 atom stereocenters. The van der Waals surface area contributed by atoms with Crippen LogP contribution in [-0.4, -0.2) is 35.4 Å². The Hall–Kier alpha value is -1.07. The fraction of sp³-hybridized carbons (Fsp3) is 0.867. The number of rotatable bonds is 3. The Morgan fingerprint density at radius 1 is 1.10 bits per heavy atom. The molecule has 1 amide bonds. The Morgan fingerprint density at radius 2 is 1.71 bits per heavy atom. The fourth-order valence-electron chi connectivity index (χ4n) is 3.57. The van der Waals surface area contributed by atoms with Crippen LogP contribution in [0.4, 0.5) is 13.2 Å². The highest BCUT2D eigenvalue weighted by Gasteiger charge is 2.43. The molecule has 1 aliphatic carbocycles. The molecule has 0 radical (unpaired) electrons. The summed E-state index contributed by atoms with van der Waals surface area (Å²) in [7, 11) is 0. The van der Waals surface area contributed by atoms with Gasteiger partial charge in [-0.05, 0) is 45.4 Å². The van der Waals surface area contributed by atoms with E-state index in [9.17, 15) is 22.8 Å². The van der Waals surface area contributed by atoms with Crippen LogP contribution in [0.1, 0.15) is 51.9 Å². The van der Waals surface area contributed by atoms with Gasteiger partial charge in [-0.3, -0.25) is 9.59 Å². The summed E-state index contributed by atoms with van der Waals surface area (Å²) in [6, 6.07) is -0.0460. The highest BCUT2D eigenvalue weighted by molar-refractivity contribution is 5.81. The van der Waals surface area contributed by atoms with Crippen molar-refractivity contribution >= 4 is 11.7 Å². The third-order valence-electron chi connectivity index (χ3n) is 4.72. The van der Waals surface area contributed by atoms with Crippen molar-refractivity contribution in [1.29, 1.82) is 0 Å². The number of Topliss-reactive ketones (excluding diaryl/α,β-unsaturated/α-hetero) is 1. The summed E-state index contributed by atoms with van der Waals surface area (Å²) in [5, 5.41) is 0. The van der Waals surface area contributed by atoms with Crippen molar-refractivity contribution in [1.82, 2.24) is 4.90 Å². The summed E-state index contributed by atoms with van der Waals surface area (Å²) in [5.41, 5.74) is 0. The van der Waals surface area contributed by atoms with E-state index in [-0.39, 0.29) is 36.5 Å². The molecule has 3 nitrogen and oxygen atoms in total. The summed E-state index contributed by atoms with van der Waals surface area (Å²) in [4.78, 5) is 25.5. The standard InChI is InChI=1S/C15H22F3NO2/c1-10(20)9-13-3-2-8-19(13)14(21)11-4-6-12(7-5-11)15(16,17)18/h11-13H,2-9H2,1H3. The first-order valence-corrected chi connectivity index (χ1v) is 7.65. The van der Waals surface area contributed by atoms with Crippen molar-refractivity contribution in [3.8, 4) is 0 Å². The van der Waals surface area contributed by atoms with Crippen LogP contribution in [0.25, 0.3) is 0 Å². The largest absolute Gasteiger partial charge is 0.391 e. The maximum absolute atomic E-state index is 12.6. The topological polar surface area (TPSA) is 37.4 Å². The van der Waals surface area contributed by atoms with Gasteiger partial charge in [-0.1, -0.05) is 0 Å². The number of alkyl halides is 3. The zero-order valence-electron chi connectivity index (χ0n) is 12.3. The van der Waals surface area contributed by atoms with E-state index in [1.54, 1.807) is 4.90 Å². The van der Waals surface area contributed by atoms with Crippen LogP contribution in [0.5, 0.6) is 0 Å². The van der Waals surface area contributed by atoms with E-state index in [0.717, 1.165) is 12.8 Å². The minimum absolute atomic E-state index is 0.0422. The summed E-state index contributed by atoms with van der Waals surface area (Å²) in [6.45, 7) is 2.14. The number of carbonyl (C=O) groups is 2. The Kier molecular flexibility index (Phi) is 4.94. The van der Waals surface area contributed by atoms with Gasteiger partial charge in [0.25, 0.3) is 0 Å². The number of carbonyl (C=O) groups excluding carboxylic acids is 2. The summed E-state index contributed by atoms with van der Waals surface area (Å²) >= 11 is 0. The molecule has 0 aromatic carbocycles. The number of likely N-dealkylation sites (tertiary alicyclic amines) is 1. The van der Waals surface area contributed by atoms with Crippen LogP contribution >= 0.6 is 0 Å². The van der Waals surface area contributed by atoms with Gasteiger partial charge in [0.1, 0.15) is 5.78 Å². The van der Waals surface area contributed by atoms with E-state index in [1.807, 2.05) is 0 Å². The minimum Gasteiger partial charge on any atom is -0.339 e. The maximum Gasteiger partial charge on any atom is 0.391 e. The molecule has 0 N–H and O–H groups in total. The molecule has 21 heavy (non-hydrogen) atoms. The highest BCUT2D eigenvalue weighted by atomic mass is 19.4. The SMILES string of the molecule is CC(=O)CC1CCCN1C(=O)C1CCC(C(F)(F)F)CC1. The first kappa shape index (κ1) is 16.3. The number of ketones is 1. The van der Waals surface area contributed by atoms with Crippen molar-refractivity contribution in [3.05, 3.63) is 0 Å². The van der Waals surface area contributed by atoms with Crippen LogP contribution in [-0.2, 0) is 9.59 Å². The number of halogens is 3. The molecular formula is C15H22F3NO2. The summed E-state index contributed by atoms with van der Waals surface area (Å²) < 4.78 is 37.9. The molecule has 0 aromatic heterocycles. The molecule has 2 aliphatic rings. The van der Waals surface area contributed by atoms with Crippen molar-refractivity contribution in [3.63, 3.8) is 0 Å². The number of hydrogen-bond donors (Lipinski definition) is 0. The zero-order chi connectivity index (χ0) is 15.6. The molecule has 2 fully saturated rings. The molecule has 0 spiro atoms. The van der Waals surface area contributed by atoms with E-state index < -0.39 is 12.1 Å².